The molecule has 2 aromatic rings. The molecular formula is C13H14N4O3. The minimum Gasteiger partial charge on any atom is -0.491 e. The average Bonchev–Trinajstić information content (AvgIpc) is 2.92. The van der Waals surface area contributed by atoms with E-state index in [1.54, 1.807) is 14.0 Å². The van der Waals surface area contributed by atoms with Crippen LogP contribution in [0.4, 0.5) is 11.5 Å². The Morgan fingerprint density at radius 2 is 2.25 bits per heavy atom. The summed E-state index contributed by atoms with van der Waals surface area (Å²) in [5, 5.41) is 18.4. The van der Waals surface area contributed by atoms with Crippen molar-refractivity contribution < 1.29 is 9.66 Å². The predicted octanol–water partition coefficient (Wildman–Crippen LogP) is 2.18. The SMILES string of the molecule is Cc1nn(C)c(NC2COc3ccccc32)c1[N+](=O)[O-]. The summed E-state index contributed by atoms with van der Waals surface area (Å²) in [6.45, 7) is 2.07. The van der Waals surface area contributed by atoms with Crippen molar-refractivity contribution in [2.75, 3.05) is 11.9 Å². The summed E-state index contributed by atoms with van der Waals surface area (Å²) in [5.41, 5.74) is 1.41. The first-order chi connectivity index (χ1) is 9.58. The van der Waals surface area contributed by atoms with Gasteiger partial charge >= 0.3 is 5.69 Å². The third-order valence-corrected chi connectivity index (χ3v) is 3.38. The maximum Gasteiger partial charge on any atom is 0.333 e. The van der Waals surface area contributed by atoms with Crippen LogP contribution < -0.4 is 10.1 Å². The Bertz CT molecular complexity index is 680. The molecule has 104 valence electrons. The Balaban J connectivity index is 1.96. The lowest BCUT2D eigenvalue weighted by molar-refractivity contribution is -0.384. The summed E-state index contributed by atoms with van der Waals surface area (Å²) in [7, 11) is 1.68. The minimum absolute atomic E-state index is 0.0110. The average molecular weight is 274 g/mol. The van der Waals surface area contributed by atoms with Crippen molar-refractivity contribution in [2.24, 2.45) is 7.05 Å². The van der Waals surface area contributed by atoms with E-state index in [2.05, 4.69) is 10.4 Å². The van der Waals surface area contributed by atoms with Gasteiger partial charge in [-0.15, -0.1) is 0 Å². The van der Waals surface area contributed by atoms with Gasteiger partial charge < -0.3 is 10.1 Å². The van der Waals surface area contributed by atoms with Crippen LogP contribution in [-0.2, 0) is 7.05 Å². The molecule has 0 radical (unpaired) electrons. The highest BCUT2D eigenvalue weighted by molar-refractivity contribution is 5.61. The second-order valence-electron chi connectivity index (χ2n) is 4.71. The van der Waals surface area contributed by atoms with E-state index in [4.69, 9.17) is 4.74 Å². The third kappa shape index (κ3) is 1.87. The van der Waals surface area contributed by atoms with Gasteiger partial charge in [0.1, 0.15) is 18.1 Å². The zero-order valence-corrected chi connectivity index (χ0v) is 11.2. The third-order valence-electron chi connectivity index (χ3n) is 3.38. The number of hydrogen-bond acceptors (Lipinski definition) is 5. The molecule has 0 saturated carbocycles. The van der Waals surface area contributed by atoms with Gasteiger partial charge in [0, 0.05) is 12.6 Å². The molecule has 3 rings (SSSR count). The molecule has 7 nitrogen and oxygen atoms in total. The van der Waals surface area contributed by atoms with Crippen molar-refractivity contribution in [3.05, 3.63) is 45.6 Å². The molecule has 1 unspecified atom stereocenters. The molecule has 7 heteroatoms. The van der Waals surface area contributed by atoms with Gasteiger partial charge in [0.25, 0.3) is 0 Å². The smallest absolute Gasteiger partial charge is 0.333 e. The number of nitrogens with zero attached hydrogens (tertiary/aromatic N) is 3. The molecule has 20 heavy (non-hydrogen) atoms. The first-order valence-electron chi connectivity index (χ1n) is 6.24. The van der Waals surface area contributed by atoms with E-state index in [1.807, 2.05) is 24.3 Å². The molecule has 0 spiro atoms. The quantitative estimate of drug-likeness (QED) is 0.685. The number of benzene rings is 1. The van der Waals surface area contributed by atoms with Crippen LogP contribution in [0.3, 0.4) is 0 Å². The van der Waals surface area contributed by atoms with Crippen molar-refractivity contribution >= 4 is 11.5 Å². The summed E-state index contributed by atoms with van der Waals surface area (Å²) in [6.07, 6.45) is 0. The van der Waals surface area contributed by atoms with Gasteiger partial charge in [0.15, 0.2) is 0 Å². The van der Waals surface area contributed by atoms with E-state index >= 15 is 0 Å². The van der Waals surface area contributed by atoms with Crippen LogP contribution >= 0.6 is 0 Å². The summed E-state index contributed by atoms with van der Waals surface area (Å²) >= 11 is 0. The first-order valence-corrected chi connectivity index (χ1v) is 6.24. The van der Waals surface area contributed by atoms with Crippen LogP contribution in [0.15, 0.2) is 24.3 Å². The van der Waals surface area contributed by atoms with E-state index in [1.165, 1.54) is 4.68 Å². The number of rotatable bonds is 3. The van der Waals surface area contributed by atoms with Gasteiger partial charge in [-0.3, -0.25) is 10.1 Å². The second kappa shape index (κ2) is 4.52. The molecule has 1 aromatic carbocycles. The normalized spacial score (nSPS) is 16.6. The van der Waals surface area contributed by atoms with Gasteiger partial charge in [-0.2, -0.15) is 5.10 Å². The lowest BCUT2D eigenvalue weighted by atomic mass is 10.1. The molecule has 1 aliphatic heterocycles. The number of aromatic nitrogens is 2. The van der Waals surface area contributed by atoms with E-state index in [0.717, 1.165) is 11.3 Å². The fourth-order valence-corrected chi connectivity index (χ4v) is 2.47. The van der Waals surface area contributed by atoms with Gasteiger partial charge in [0.05, 0.1) is 11.0 Å². The summed E-state index contributed by atoms with van der Waals surface area (Å²) in [6, 6.07) is 7.55. The van der Waals surface area contributed by atoms with Crippen LogP contribution in [0.2, 0.25) is 0 Å². The molecule has 1 atom stereocenters. The number of nitro groups is 1. The lowest BCUT2D eigenvalue weighted by Crippen LogP contribution is -2.15. The number of hydrogen-bond donors (Lipinski definition) is 1. The Morgan fingerprint density at radius 1 is 1.50 bits per heavy atom. The number of para-hydroxylation sites is 1. The highest BCUT2D eigenvalue weighted by Gasteiger charge is 2.30. The van der Waals surface area contributed by atoms with Gasteiger partial charge in [-0.05, 0) is 13.0 Å². The van der Waals surface area contributed by atoms with E-state index < -0.39 is 4.92 Å². The number of fused-ring (bicyclic) bond motifs is 1. The zero-order chi connectivity index (χ0) is 14.3. The molecule has 0 bridgehead atoms. The number of aryl methyl sites for hydroxylation is 2. The number of nitrogens with one attached hydrogen (secondary N) is 1. The van der Waals surface area contributed by atoms with Crippen molar-refractivity contribution in [2.45, 2.75) is 13.0 Å². The first kappa shape index (κ1) is 12.5. The largest absolute Gasteiger partial charge is 0.491 e. The van der Waals surface area contributed by atoms with Crippen LogP contribution in [0, 0.1) is 17.0 Å². The second-order valence-corrected chi connectivity index (χ2v) is 4.71. The molecule has 1 N–H and O–H groups in total. The summed E-state index contributed by atoms with van der Waals surface area (Å²) in [4.78, 5) is 10.7. The molecular weight excluding hydrogens is 260 g/mol. The molecule has 0 amide bonds. The maximum atomic E-state index is 11.2. The van der Waals surface area contributed by atoms with Crippen LogP contribution in [0.5, 0.6) is 5.75 Å². The Labute approximate surface area is 115 Å². The Hall–Kier alpha value is -2.57. The van der Waals surface area contributed by atoms with Crippen LogP contribution in [0.25, 0.3) is 0 Å². The topological polar surface area (TPSA) is 82.2 Å². The zero-order valence-electron chi connectivity index (χ0n) is 11.2. The monoisotopic (exact) mass is 274 g/mol. The molecule has 0 fully saturated rings. The molecule has 0 aliphatic carbocycles. The highest BCUT2D eigenvalue weighted by atomic mass is 16.6. The number of ether oxygens (including phenoxy) is 1. The van der Waals surface area contributed by atoms with E-state index in [9.17, 15) is 10.1 Å². The molecule has 0 saturated heterocycles. The fourth-order valence-electron chi connectivity index (χ4n) is 2.47. The maximum absolute atomic E-state index is 11.2. The van der Waals surface area contributed by atoms with E-state index in [0.29, 0.717) is 18.1 Å². The lowest BCUT2D eigenvalue weighted by Gasteiger charge is -2.12. The Morgan fingerprint density at radius 3 is 3.00 bits per heavy atom. The van der Waals surface area contributed by atoms with Gasteiger partial charge in [-0.1, -0.05) is 18.2 Å². The van der Waals surface area contributed by atoms with Gasteiger partial charge in [-0.25, -0.2) is 4.68 Å². The van der Waals surface area contributed by atoms with Crippen molar-refractivity contribution in [3.8, 4) is 5.75 Å². The van der Waals surface area contributed by atoms with Crippen molar-refractivity contribution in [1.82, 2.24) is 9.78 Å². The summed E-state index contributed by atoms with van der Waals surface area (Å²) < 4.78 is 7.06. The van der Waals surface area contributed by atoms with Crippen LogP contribution in [0.1, 0.15) is 17.3 Å². The fraction of sp³-hybridized carbons (Fsp3) is 0.308. The molecule has 2 heterocycles. The standard InChI is InChI=1S/C13H14N4O3/c1-8-12(17(18)19)13(16(2)15-8)14-10-7-20-11-6-4-3-5-9(10)11/h3-6,10,14H,7H2,1-2H3. The van der Waals surface area contributed by atoms with Crippen molar-refractivity contribution in [1.29, 1.82) is 0 Å². The van der Waals surface area contributed by atoms with Gasteiger partial charge in [0.2, 0.25) is 5.82 Å². The summed E-state index contributed by atoms with van der Waals surface area (Å²) in [5.74, 6) is 1.21. The van der Waals surface area contributed by atoms with Crippen LogP contribution in [-0.4, -0.2) is 21.3 Å². The minimum atomic E-state index is -0.410. The molecule has 1 aliphatic rings. The Kier molecular flexibility index (Phi) is 2.81. The highest BCUT2D eigenvalue weighted by Crippen LogP contribution is 2.36. The van der Waals surface area contributed by atoms with Crippen molar-refractivity contribution in [3.63, 3.8) is 0 Å². The predicted molar refractivity (Wildman–Crippen MR) is 72.9 cm³/mol. The van der Waals surface area contributed by atoms with E-state index in [-0.39, 0.29) is 11.7 Å². The molecule has 1 aromatic heterocycles. The number of anilines is 1.